The van der Waals surface area contributed by atoms with Crippen LogP contribution in [0.2, 0.25) is 0 Å². The molecule has 18 heavy (non-hydrogen) atoms. The Morgan fingerprint density at radius 3 is 2.61 bits per heavy atom. The first kappa shape index (κ1) is 15.2. The summed E-state index contributed by atoms with van der Waals surface area (Å²) in [5.41, 5.74) is 0.453. The highest BCUT2D eigenvalue weighted by atomic mass is 79.9. The van der Waals surface area contributed by atoms with Crippen molar-refractivity contribution in [3.05, 3.63) is 34.3 Å². The number of carbonyl (C=O) groups excluding carboxylic acids is 1. The van der Waals surface area contributed by atoms with Gasteiger partial charge in [0, 0.05) is 16.6 Å². The molecule has 3 nitrogen and oxygen atoms in total. The number of halogens is 3. The van der Waals surface area contributed by atoms with Gasteiger partial charge < -0.3 is 5.11 Å². The molecule has 0 aromatic heterocycles. The fourth-order valence-electron chi connectivity index (χ4n) is 1.55. The number of ketones is 1. The summed E-state index contributed by atoms with van der Waals surface area (Å²) in [6, 6.07) is 6.83. The SMILES string of the molecule is O=C(CN(CCO)CC(F)F)c1ccccc1Br. The van der Waals surface area contributed by atoms with Crippen molar-refractivity contribution in [2.24, 2.45) is 0 Å². The van der Waals surface area contributed by atoms with Crippen molar-refractivity contribution in [3.63, 3.8) is 0 Å². The van der Waals surface area contributed by atoms with Gasteiger partial charge in [-0.2, -0.15) is 0 Å². The van der Waals surface area contributed by atoms with E-state index in [1.807, 2.05) is 0 Å². The third kappa shape index (κ3) is 4.80. The maximum Gasteiger partial charge on any atom is 0.251 e. The standard InChI is InChI=1S/C12H14BrF2NO2/c13-10-4-2-1-3-9(10)11(18)7-16(5-6-17)8-12(14)15/h1-4,12,17H,5-8H2. The molecule has 0 saturated carbocycles. The lowest BCUT2D eigenvalue weighted by Crippen LogP contribution is -2.36. The quantitative estimate of drug-likeness (QED) is 0.783. The molecule has 1 aromatic carbocycles. The van der Waals surface area contributed by atoms with Gasteiger partial charge in [0.2, 0.25) is 0 Å². The first-order chi connectivity index (χ1) is 8.54. The fourth-order valence-corrected chi connectivity index (χ4v) is 2.05. The van der Waals surface area contributed by atoms with Crippen LogP contribution in [0.4, 0.5) is 8.78 Å². The highest BCUT2D eigenvalue weighted by molar-refractivity contribution is 9.10. The molecule has 6 heteroatoms. The molecule has 1 aromatic rings. The van der Waals surface area contributed by atoms with Crippen LogP contribution >= 0.6 is 15.9 Å². The maximum atomic E-state index is 12.3. The number of benzene rings is 1. The molecule has 1 rings (SSSR count). The fraction of sp³-hybridized carbons (Fsp3) is 0.417. The van der Waals surface area contributed by atoms with Gasteiger partial charge in [0.1, 0.15) is 0 Å². The zero-order valence-corrected chi connectivity index (χ0v) is 11.2. The Labute approximate surface area is 113 Å². The average Bonchev–Trinajstić information content (AvgIpc) is 2.28. The molecule has 100 valence electrons. The number of aliphatic hydroxyl groups is 1. The number of alkyl halides is 2. The zero-order valence-electron chi connectivity index (χ0n) is 9.65. The predicted molar refractivity (Wildman–Crippen MR) is 68.0 cm³/mol. The first-order valence-corrected chi connectivity index (χ1v) is 6.23. The summed E-state index contributed by atoms with van der Waals surface area (Å²) in [6.07, 6.45) is -2.52. The third-order valence-electron chi connectivity index (χ3n) is 2.35. The van der Waals surface area contributed by atoms with E-state index in [0.29, 0.717) is 10.0 Å². The number of rotatable bonds is 7. The molecular formula is C12H14BrF2NO2. The molecule has 0 aliphatic heterocycles. The summed E-state index contributed by atoms with van der Waals surface area (Å²) in [6.45, 7) is -0.846. The van der Waals surface area contributed by atoms with Crippen LogP contribution in [0.25, 0.3) is 0 Å². The van der Waals surface area contributed by atoms with E-state index in [0.717, 1.165) is 0 Å². The second kappa shape index (κ2) is 7.56. The number of nitrogens with zero attached hydrogens (tertiary/aromatic N) is 1. The van der Waals surface area contributed by atoms with E-state index in [1.54, 1.807) is 24.3 Å². The van der Waals surface area contributed by atoms with E-state index >= 15 is 0 Å². The van der Waals surface area contributed by atoms with E-state index in [-0.39, 0.29) is 25.5 Å². The van der Waals surface area contributed by atoms with Crippen molar-refractivity contribution in [3.8, 4) is 0 Å². The van der Waals surface area contributed by atoms with Gasteiger partial charge in [-0.05, 0) is 6.07 Å². The molecule has 0 fully saturated rings. The normalized spacial score (nSPS) is 11.2. The molecule has 0 heterocycles. The molecular weight excluding hydrogens is 308 g/mol. The van der Waals surface area contributed by atoms with Crippen molar-refractivity contribution >= 4 is 21.7 Å². The van der Waals surface area contributed by atoms with Crippen LogP contribution in [-0.2, 0) is 0 Å². The van der Waals surface area contributed by atoms with Gasteiger partial charge in [0.15, 0.2) is 5.78 Å². The minimum absolute atomic E-state index is 0.0561. The Morgan fingerprint density at radius 2 is 2.06 bits per heavy atom. The minimum atomic E-state index is -2.52. The Balaban J connectivity index is 2.69. The monoisotopic (exact) mass is 321 g/mol. The molecule has 0 amide bonds. The first-order valence-electron chi connectivity index (χ1n) is 5.43. The van der Waals surface area contributed by atoms with Gasteiger partial charge >= 0.3 is 0 Å². The molecule has 0 radical (unpaired) electrons. The van der Waals surface area contributed by atoms with Crippen molar-refractivity contribution in [1.29, 1.82) is 0 Å². The van der Waals surface area contributed by atoms with Crippen LogP contribution < -0.4 is 0 Å². The second-order valence-corrected chi connectivity index (χ2v) is 4.61. The molecule has 0 saturated heterocycles. The lowest BCUT2D eigenvalue weighted by molar-refractivity contribution is 0.0688. The maximum absolute atomic E-state index is 12.3. The average molecular weight is 322 g/mol. The van der Waals surface area contributed by atoms with Crippen LogP contribution in [0.5, 0.6) is 0 Å². The lowest BCUT2D eigenvalue weighted by atomic mass is 10.1. The molecule has 1 N–H and O–H groups in total. The summed E-state index contributed by atoms with van der Waals surface area (Å²) in [7, 11) is 0. The smallest absolute Gasteiger partial charge is 0.251 e. The van der Waals surface area contributed by atoms with Gasteiger partial charge in [-0.15, -0.1) is 0 Å². The molecule has 0 aliphatic carbocycles. The van der Waals surface area contributed by atoms with Crippen molar-refractivity contribution in [1.82, 2.24) is 4.90 Å². The Morgan fingerprint density at radius 1 is 1.39 bits per heavy atom. The number of hydrogen-bond acceptors (Lipinski definition) is 3. The molecule has 0 spiro atoms. The predicted octanol–water partition coefficient (Wildman–Crippen LogP) is 2.19. The minimum Gasteiger partial charge on any atom is -0.395 e. The van der Waals surface area contributed by atoms with Crippen LogP contribution in [-0.4, -0.2) is 48.5 Å². The second-order valence-electron chi connectivity index (χ2n) is 3.75. The summed E-state index contributed by atoms with van der Waals surface area (Å²) < 4.78 is 25.2. The van der Waals surface area contributed by atoms with Gasteiger partial charge in [-0.25, -0.2) is 8.78 Å². The van der Waals surface area contributed by atoms with E-state index in [1.165, 1.54) is 4.90 Å². The van der Waals surface area contributed by atoms with Gasteiger partial charge in [-0.1, -0.05) is 34.1 Å². The Kier molecular flexibility index (Phi) is 6.38. The van der Waals surface area contributed by atoms with E-state index in [4.69, 9.17) is 5.11 Å². The van der Waals surface area contributed by atoms with Crippen LogP contribution in [0.1, 0.15) is 10.4 Å². The van der Waals surface area contributed by atoms with E-state index in [2.05, 4.69) is 15.9 Å². The number of Topliss-reactive ketones (excluding diaryl/α,β-unsaturated/α-hetero) is 1. The van der Waals surface area contributed by atoms with Gasteiger partial charge in [-0.3, -0.25) is 9.69 Å². The highest BCUT2D eigenvalue weighted by Gasteiger charge is 2.17. The summed E-state index contributed by atoms with van der Waals surface area (Å²) >= 11 is 3.24. The summed E-state index contributed by atoms with van der Waals surface area (Å²) in [5.74, 6) is -0.253. The van der Waals surface area contributed by atoms with Crippen LogP contribution in [0.15, 0.2) is 28.7 Å². The highest BCUT2D eigenvalue weighted by Crippen LogP contribution is 2.16. The van der Waals surface area contributed by atoms with E-state index in [9.17, 15) is 13.6 Å². The van der Waals surface area contributed by atoms with Crippen LogP contribution in [0, 0.1) is 0 Å². The molecule has 0 bridgehead atoms. The zero-order chi connectivity index (χ0) is 13.5. The number of hydrogen-bond donors (Lipinski definition) is 1. The van der Waals surface area contributed by atoms with Gasteiger partial charge in [0.05, 0.1) is 19.7 Å². The largest absolute Gasteiger partial charge is 0.395 e. The summed E-state index contributed by atoms with van der Waals surface area (Å²) in [5, 5.41) is 8.78. The van der Waals surface area contributed by atoms with Crippen molar-refractivity contribution < 1.29 is 18.7 Å². The van der Waals surface area contributed by atoms with E-state index < -0.39 is 13.0 Å². The third-order valence-corrected chi connectivity index (χ3v) is 3.05. The van der Waals surface area contributed by atoms with Crippen LogP contribution in [0.3, 0.4) is 0 Å². The summed E-state index contributed by atoms with van der Waals surface area (Å²) in [4.78, 5) is 13.2. The molecule has 0 aliphatic rings. The number of aliphatic hydroxyl groups excluding tert-OH is 1. The molecule has 0 atom stereocenters. The number of carbonyl (C=O) groups is 1. The van der Waals surface area contributed by atoms with Gasteiger partial charge in [0.25, 0.3) is 6.43 Å². The van der Waals surface area contributed by atoms with Crippen molar-refractivity contribution in [2.45, 2.75) is 6.43 Å². The lowest BCUT2D eigenvalue weighted by Gasteiger charge is -2.20. The van der Waals surface area contributed by atoms with Crippen molar-refractivity contribution in [2.75, 3.05) is 26.2 Å². The Hall–Kier alpha value is -0.850. The molecule has 0 unspecified atom stereocenters. The Bertz CT molecular complexity index is 401. The topological polar surface area (TPSA) is 40.5 Å².